The fourth-order valence-corrected chi connectivity index (χ4v) is 5.75. The van der Waals surface area contributed by atoms with Gasteiger partial charge >= 0.3 is 5.97 Å². The van der Waals surface area contributed by atoms with Crippen molar-refractivity contribution in [3.8, 4) is 16.5 Å². The van der Waals surface area contributed by atoms with Crippen molar-refractivity contribution < 1.29 is 19.4 Å². The smallest absolute Gasteiger partial charge is 0.349 e. The van der Waals surface area contributed by atoms with Gasteiger partial charge in [-0.15, -0.1) is 11.3 Å². The summed E-state index contributed by atoms with van der Waals surface area (Å²) in [6.45, 7) is 7.20. The van der Waals surface area contributed by atoms with Crippen molar-refractivity contribution in [1.29, 1.82) is 0 Å². The van der Waals surface area contributed by atoms with Crippen LogP contribution < -0.4 is 9.47 Å². The number of hydrogen-bond acceptors (Lipinski definition) is 6. The lowest BCUT2D eigenvalue weighted by Crippen LogP contribution is -2.37. The van der Waals surface area contributed by atoms with E-state index in [-0.39, 0.29) is 11.0 Å². The number of likely N-dealkylation sites (tertiary alicyclic amines) is 1. The molecule has 0 spiro atoms. The molecule has 4 aromatic rings. The molecule has 0 aliphatic carbocycles. The van der Waals surface area contributed by atoms with E-state index in [1.807, 2.05) is 47.9 Å². The molecule has 3 heterocycles. The second kappa shape index (κ2) is 10.5. The Balaban J connectivity index is 1.42. The lowest BCUT2D eigenvalue weighted by molar-refractivity contribution is 0.0695. The summed E-state index contributed by atoms with van der Waals surface area (Å²) in [5, 5.41) is 11.1. The first-order valence-electron chi connectivity index (χ1n) is 12.1. The van der Waals surface area contributed by atoms with Gasteiger partial charge in [0.05, 0.1) is 11.0 Å². The number of halogens is 1. The van der Waals surface area contributed by atoms with Crippen LogP contribution in [-0.2, 0) is 0 Å². The summed E-state index contributed by atoms with van der Waals surface area (Å²) in [6.07, 6.45) is 3.48. The molecule has 188 valence electrons. The molecule has 36 heavy (non-hydrogen) atoms. The largest absolute Gasteiger partial charge is 0.490 e. The quantitative estimate of drug-likeness (QED) is 0.285. The average Bonchev–Trinajstić information content (AvgIpc) is 3.48. The van der Waals surface area contributed by atoms with Crippen molar-refractivity contribution in [1.82, 2.24) is 14.5 Å². The minimum Gasteiger partial charge on any atom is -0.490 e. The van der Waals surface area contributed by atoms with E-state index in [4.69, 9.17) is 21.1 Å². The number of nitrogens with zero attached hydrogens (tertiary/aromatic N) is 3. The number of aromatic nitrogens is 2. The Hall–Kier alpha value is -3.07. The zero-order valence-electron chi connectivity index (χ0n) is 20.2. The Morgan fingerprint density at radius 1 is 1.22 bits per heavy atom. The number of imidazole rings is 1. The topological polar surface area (TPSA) is 76.8 Å². The van der Waals surface area contributed by atoms with E-state index in [1.54, 1.807) is 18.5 Å². The molecule has 2 aromatic carbocycles. The maximum absolute atomic E-state index is 12.0. The fraction of sp³-hybridized carbons (Fsp3) is 0.333. The normalized spacial score (nSPS) is 15.8. The molecule has 1 saturated heterocycles. The Morgan fingerprint density at radius 2 is 2.00 bits per heavy atom. The number of carbonyl (C=O) groups is 1. The zero-order valence-corrected chi connectivity index (χ0v) is 21.8. The van der Waals surface area contributed by atoms with Crippen LogP contribution in [0.25, 0.3) is 16.0 Å². The van der Waals surface area contributed by atoms with Gasteiger partial charge < -0.3 is 19.5 Å². The van der Waals surface area contributed by atoms with Crippen molar-refractivity contribution in [3.63, 3.8) is 0 Å². The van der Waals surface area contributed by atoms with E-state index in [0.717, 1.165) is 66.2 Å². The molecule has 1 aliphatic rings. The van der Waals surface area contributed by atoms with E-state index < -0.39 is 12.1 Å². The van der Waals surface area contributed by atoms with Crippen LogP contribution >= 0.6 is 22.9 Å². The summed E-state index contributed by atoms with van der Waals surface area (Å²) in [5.41, 5.74) is 2.45. The highest BCUT2D eigenvalue weighted by Crippen LogP contribution is 2.37. The second-order valence-corrected chi connectivity index (χ2v) is 10.3. The van der Waals surface area contributed by atoms with Gasteiger partial charge in [0.1, 0.15) is 35.0 Å². The van der Waals surface area contributed by atoms with E-state index in [0.29, 0.717) is 15.8 Å². The molecule has 1 aliphatic heterocycles. The monoisotopic (exact) mass is 525 g/mol. The molecule has 9 heteroatoms. The number of carboxylic acid groups (broad SMARTS) is 1. The highest BCUT2D eigenvalue weighted by atomic mass is 35.5. The van der Waals surface area contributed by atoms with Crippen molar-refractivity contribution in [3.05, 3.63) is 70.3 Å². The maximum atomic E-state index is 12.0. The maximum Gasteiger partial charge on any atom is 0.349 e. The van der Waals surface area contributed by atoms with Gasteiger partial charge in [0.25, 0.3) is 0 Å². The summed E-state index contributed by atoms with van der Waals surface area (Å²) < 4.78 is 14.3. The number of carboxylic acids is 1. The van der Waals surface area contributed by atoms with Crippen LogP contribution in [0.3, 0.4) is 0 Å². The zero-order chi connectivity index (χ0) is 25.2. The number of aromatic carboxylic acids is 1. The third kappa shape index (κ3) is 5.07. The molecule has 1 fully saturated rings. The third-order valence-corrected chi connectivity index (χ3v) is 8.01. The molecule has 7 nitrogen and oxygen atoms in total. The van der Waals surface area contributed by atoms with Crippen LogP contribution in [0, 0.1) is 0 Å². The van der Waals surface area contributed by atoms with E-state index in [1.165, 1.54) is 0 Å². The lowest BCUT2D eigenvalue weighted by Gasteiger charge is -2.31. The van der Waals surface area contributed by atoms with Gasteiger partial charge in [0.15, 0.2) is 4.88 Å². The molecule has 1 atom stereocenters. The van der Waals surface area contributed by atoms with Crippen LogP contribution in [0.15, 0.2) is 54.9 Å². The van der Waals surface area contributed by atoms with Crippen molar-refractivity contribution in [2.45, 2.75) is 38.9 Å². The van der Waals surface area contributed by atoms with Crippen LogP contribution in [-0.4, -0.2) is 51.3 Å². The first-order chi connectivity index (χ1) is 17.4. The fourth-order valence-electron chi connectivity index (χ4n) is 4.55. The Morgan fingerprint density at radius 3 is 2.72 bits per heavy atom. The van der Waals surface area contributed by atoms with Gasteiger partial charge in [-0.2, -0.15) is 0 Å². The molecule has 0 amide bonds. The highest BCUT2D eigenvalue weighted by Gasteiger charge is 2.23. The van der Waals surface area contributed by atoms with Gasteiger partial charge in [-0.1, -0.05) is 36.7 Å². The first-order valence-corrected chi connectivity index (χ1v) is 13.3. The standard InChI is InChI=1S/C27H28ClN3O4S/c1-3-30-12-10-18(11-13-30)35-19-8-9-22-23(14-19)31(16-29-22)25-15-24(26(36-25)27(32)33)34-17(2)20-6-4-5-7-21(20)28/h4-9,14-18H,3,10-13H2,1-2H3,(H,32,33)/t17-/m1/s1. The summed E-state index contributed by atoms with van der Waals surface area (Å²) in [4.78, 5) is 19.1. The van der Waals surface area contributed by atoms with E-state index in [9.17, 15) is 9.90 Å². The SMILES string of the molecule is CCN1CCC(Oc2ccc3ncn(-c4cc(O[C@H](C)c5ccccc5Cl)c(C(=O)O)s4)c3c2)CC1. The van der Waals surface area contributed by atoms with Crippen molar-refractivity contribution >= 4 is 39.9 Å². The lowest BCUT2D eigenvalue weighted by atomic mass is 10.1. The predicted molar refractivity (Wildman–Crippen MR) is 142 cm³/mol. The molecule has 0 bridgehead atoms. The van der Waals surface area contributed by atoms with Crippen molar-refractivity contribution in [2.75, 3.05) is 19.6 Å². The number of rotatable bonds is 8. The number of thiophene rings is 1. The minimum absolute atomic E-state index is 0.126. The number of ether oxygens (including phenoxy) is 2. The van der Waals surface area contributed by atoms with Gasteiger partial charge in [-0.3, -0.25) is 4.57 Å². The van der Waals surface area contributed by atoms with Crippen LogP contribution in [0.5, 0.6) is 11.5 Å². The molecule has 0 unspecified atom stereocenters. The Kier molecular flexibility index (Phi) is 7.18. The first kappa shape index (κ1) is 24.6. The van der Waals surface area contributed by atoms with E-state index >= 15 is 0 Å². The van der Waals surface area contributed by atoms with Gasteiger partial charge in [0, 0.05) is 35.8 Å². The molecule has 1 N–H and O–H groups in total. The Labute approximate surface area is 218 Å². The minimum atomic E-state index is -1.04. The van der Waals surface area contributed by atoms with Crippen LogP contribution in [0.1, 0.15) is 48.0 Å². The summed E-state index contributed by atoms with van der Waals surface area (Å²) >= 11 is 7.46. The molecular weight excluding hydrogens is 498 g/mol. The Bertz CT molecular complexity index is 1380. The van der Waals surface area contributed by atoms with Crippen LogP contribution in [0.2, 0.25) is 5.02 Å². The predicted octanol–water partition coefficient (Wildman–Crippen LogP) is 6.44. The van der Waals surface area contributed by atoms with Gasteiger partial charge in [-0.05, 0) is 44.5 Å². The molecular formula is C27H28ClN3O4S. The molecule has 0 saturated carbocycles. The summed E-state index contributed by atoms with van der Waals surface area (Å²) in [7, 11) is 0. The summed E-state index contributed by atoms with van der Waals surface area (Å²) in [6, 6.07) is 15.0. The van der Waals surface area contributed by atoms with Gasteiger partial charge in [0.2, 0.25) is 0 Å². The second-order valence-electron chi connectivity index (χ2n) is 8.88. The molecule has 2 aromatic heterocycles. The summed E-state index contributed by atoms with van der Waals surface area (Å²) in [5.74, 6) is 0.0457. The number of fused-ring (bicyclic) bond motifs is 1. The van der Waals surface area contributed by atoms with E-state index in [2.05, 4.69) is 16.8 Å². The molecule has 5 rings (SSSR count). The van der Waals surface area contributed by atoms with Gasteiger partial charge in [-0.25, -0.2) is 9.78 Å². The molecule has 0 radical (unpaired) electrons. The number of hydrogen-bond donors (Lipinski definition) is 1. The third-order valence-electron chi connectivity index (χ3n) is 6.57. The highest BCUT2D eigenvalue weighted by molar-refractivity contribution is 7.16. The van der Waals surface area contributed by atoms with Crippen molar-refractivity contribution in [2.24, 2.45) is 0 Å². The van der Waals surface area contributed by atoms with Crippen LogP contribution in [0.4, 0.5) is 0 Å². The average molecular weight is 526 g/mol. The number of piperidine rings is 1. The number of benzene rings is 2.